The quantitative estimate of drug-likeness (QED) is 0.864. The Morgan fingerprint density at radius 2 is 2.00 bits per heavy atom. The Morgan fingerprint density at radius 3 is 2.50 bits per heavy atom. The van der Waals surface area contributed by atoms with Crippen molar-refractivity contribution < 1.29 is 19.5 Å². The molecule has 108 valence electrons. The lowest BCUT2D eigenvalue weighted by atomic mass is 9.89. The number of nitrogens with one attached hydrogen (secondary N) is 1. The van der Waals surface area contributed by atoms with Gasteiger partial charge in [-0.05, 0) is 26.0 Å². The summed E-state index contributed by atoms with van der Waals surface area (Å²) < 4.78 is 0. The molecule has 0 saturated heterocycles. The molecule has 3 amide bonds. The van der Waals surface area contributed by atoms with Gasteiger partial charge < -0.3 is 5.11 Å². The van der Waals surface area contributed by atoms with E-state index in [1.54, 1.807) is 18.2 Å². The van der Waals surface area contributed by atoms with Gasteiger partial charge in [0.2, 0.25) is 5.91 Å². The minimum atomic E-state index is -1.23. The topological polar surface area (TPSA) is 99.6 Å². The van der Waals surface area contributed by atoms with Gasteiger partial charge in [0.1, 0.15) is 5.82 Å². The van der Waals surface area contributed by atoms with Gasteiger partial charge in [-0.2, -0.15) is 0 Å². The normalized spacial score (nSPS) is 10.8. The third kappa shape index (κ3) is 4.04. The standard InChI is InChI=1S/C13H17N3O4/c1-13(2,11(18)19)8-10(17)15-12(20)16(3)9-6-4-5-7-14-9/h4-7H,8H2,1-3H3,(H,18,19)(H,15,17,20). The van der Waals surface area contributed by atoms with E-state index in [-0.39, 0.29) is 6.42 Å². The van der Waals surface area contributed by atoms with Crippen LogP contribution in [0.25, 0.3) is 0 Å². The van der Waals surface area contributed by atoms with Crippen LogP contribution in [-0.4, -0.2) is 35.0 Å². The molecule has 1 heterocycles. The molecule has 1 rings (SSSR count). The lowest BCUT2D eigenvalue weighted by Gasteiger charge is -2.20. The first-order chi connectivity index (χ1) is 9.24. The number of anilines is 1. The first-order valence-electron chi connectivity index (χ1n) is 5.96. The second-order valence-corrected chi connectivity index (χ2v) is 4.97. The molecule has 0 bridgehead atoms. The zero-order valence-corrected chi connectivity index (χ0v) is 11.6. The summed E-state index contributed by atoms with van der Waals surface area (Å²) in [6.45, 7) is 2.84. The molecule has 1 aromatic heterocycles. The van der Waals surface area contributed by atoms with Crippen LogP contribution >= 0.6 is 0 Å². The zero-order chi connectivity index (χ0) is 15.3. The summed E-state index contributed by atoms with van der Waals surface area (Å²) in [6.07, 6.45) is 1.23. The molecular formula is C13H17N3O4. The minimum absolute atomic E-state index is 0.288. The van der Waals surface area contributed by atoms with Crippen molar-refractivity contribution in [1.82, 2.24) is 10.3 Å². The molecule has 0 spiro atoms. The first-order valence-corrected chi connectivity index (χ1v) is 5.96. The molecule has 7 nitrogen and oxygen atoms in total. The predicted molar refractivity (Wildman–Crippen MR) is 72.2 cm³/mol. The summed E-state index contributed by atoms with van der Waals surface area (Å²) in [5, 5.41) is 11.1. The predicted octanol–water partition coefficient (Wildman–Crippen LogP) is 1.25. The van der Waals surface area contributed by atoms with Crippen LogP contribution < -0.4 is 10.2 Å². The second-order valence-electron chi connectivity index (χ2n) is 4.97. The largest absolute Gasteiger partial charge is 0.481 e. The van der Waals surface area contributed by atoms with E-state index in [2.05, 4.69) is 10.3 Å². The number of hydrogen-bond donors (Lipinski definition) is 2. The molecule has 0 aliphatic rings. The number of hydrogen-bond acceptors (Lipinski definition) is 4. The van der Waals surface area contributed by atoms with Crippen LogP contribution in [0.1, 0.15) is 20.3 Å². The van der Waals surface area contributed by atoms with Gasteiger partial charge in [0, 0.05) is 19.7 Å². The van der Waals surface area contributed by atoms with E-state index in [4.69, 9.17) is 5.11 Å². The van der Waals surface area contributed by atoms with E-state index in [0.29, 0.717) is 5.82 Å². The molecule has 0 aliphatic carbocycles. The number of urea groups is 1. The number of carbonyl (C=O) groups is 3. The number of nitrogens with zero attached hydrogens (tertiary/aromatic N) is 2. The van der Waals surface area contributed by atoms with Gasteiger partial charge in [-0.3, -0.25) is 19.8 Å². The van der Waals surface area contributed by atoms with Crippen LogP contribution in [0.2, 0.25) is 0 Å². The van der Waals surface area contributed by atoms with Crippen LogP contribution in [0, 0.1) is 5.41 Å². The molecular weight excluding hydrogens is 262 g/mol. The molecule has 20 heavy (non-hydrogen) atoms. The molecule has 0 aromatic carbocycles. The van der Waals surface area contributed by atoms with Crippen molar-refractivity contribution in [2.45, 2.75) is 20.3 Å². The Bertz CT molecular complexity index is 514. The van der Waals surface area contributed by atoms with Crippen LogP contribution in [-0.2, 0) is 9.59 Å². The third-order valence-corrected chi connectivity index (χ3v) is 2.73. The lowest BCUT2D eigenvalue weighted by Crippen LogP contribution is -2.43. The highest BCUT2D eigenvalue weighted by molar-refractivity contribution is 6.02. The van der Waals surface area contributed by atoms with Crippen molar-refractivity contribution in [3.05, 3.63) is 24.4 Å². The number of carboxylic acids is 1. The monoisotopic (exact) mass is 279 g/mol. The van der Waals surface area contributed by atoms with Crippen LogP contribution in [0.15, 0.2) is 24.4 Å². The van der Waals surface area contributed by atoms with Crippen molar-refractivity contribution in [1.29, 1.82) is 0 Å². The number of aromatic nitrogens is 1. The van der Waals surface area contributed by atoms with Gasteiger partial charge >= 0.3 is 12.0 Å². The summed E-state index contributed by atoms with van der Waals surface area (Å²) in [5.74, 6) is -1.36. The lowest BCUT2D eigenvalue weighted by molar-refractivity contribution is -0.149. The molecule has 0 aliphatic heterocycles. The fourth-order valence-electron chi connectivity index (χ4n) is 1.38. The van der Waals surface area contributed by atoms with E-state index >= 15 is 0 Å². The number of aliphatic carboxylic acids is 1. The molecule has 1 aromatic rings. The van der Waals surface area contributed by atoms with Crippen molar-refractivity contribution in [3.63, 3.8) is 0 Å². The van der Waals surface area contributed by atoms with Crippen LogP contribution in [0.5, 0.6) is 0 Å². The highest BCUT2D eigenvalue weighted by Crippen LogP contribution is 2.20. The van der Waals surface area contributed by atoms with Gasteiger partial charge in [0.25, 0.3) is 0 Å². The van der Waals surface area contributed by atoms with E-state index in [0.717, 1.165) is 0 Å². The zero-order valence-electron chi connectivity index (χ0n) is 11.6. The first kappa shape index (κ1) is 15.6. The highest BCUT2D eigenvalue weighted by Gasteiger charge is 2.31. The van der Waals surface area contributed by atoms with Gasteiger partial charge in [0.15, 0.2) is 0 Å². The molecule has 0 atom stereocenters. The summed E-state index contributed by atoms with van der Waals surface area (Å²) >= 11 is 0. The summed E-state index contributed by atoms with van der Waals surface area (Å²) in [7, 11) is 1.47. The summed E-state index contributed by atoms with van der Waals surface area (Å²) in [5.41, 5.74) is -1.23. The Labute approximate surface area is 116 Å². The van der Waals surface area contributed by atoms with Crippen LogP contribution in [0.4, 0.5) is 10.6 Å². The Balaban J connectivity index is 2.63. The summed E-state index contributed by atoms with van der Waals surface area (Å²) in [6, 6.07) is 4.37. The average Bonchev–Trinajstić information content (AvgIpc) is 2.37. The fraction of sp³-hybridized carbons (Fsp3) is 0.385. The highest BCUT2D eigenvalue weighted by atomic mass is 16.4. The van der Waals surface area contributed by atoms with E-state index in [1.165, 1.54) is 32.0 Å². The Kier molecular flexibility index (Phi) is 4.79. The number of pyridine rings is 1. The van der Waals surface area contributed by atoms with Gasteiger partial charge in [-0.25, -0.2) is 9.78 Å². The molecule has 0 fully saturated rings. The maximum absolute atomic E-state index is 11.8. The molecule has 7 heteroatoms. The Morgan fingerprint density at radius 1 is 1.35 bits per heavy atom. The average molecular weight is 279 g/mol. The minimum Gasteiger partial charge on any atom is -0.481 e. The Hall–Kier alpha value is -2.44. The molecule has 2 N–H and O–H groups in total. The number of imide groups is 1. The SMILES string of the molecule is CN(C(=O)NC(=O)CC(C)(C)C(=O)O)c1ccccn1. The number of carboxylic acid groups (broad SMARTS) is 1. The second kappa shape index (κ2) is 6.14. The van der Waals surface area contributed by atoms with Crippen molar-refractivity contribution in [2.24, 2.45) is 5.41 Å². The van der Waals surface area contributed by atoms with Gasteiger partial charge in [0.05, 0.1) is 5.41 Å². The van der Waals surface area contributed by atoms with Crippen molar-refractivity contribution in [3.8, 4) is 0 Å². The van der Waals surface area contributed by atoms with Gasteiger partial charge in [-0.1, -0.05) is 6.07 Å². The maximum Gasteiger partial charge on any atom is 0.329 e. The summed E-state index contributed by atoms with van der Waals surface area (Å²) in [4.78, 5) is 39.5. The third-order valence-electron chi connectivity index (χ3n) is 2.73. The molecule has 0 unspecified atom stereocenters. The maximum atomic E-state index is 11.8. The van der Waals surface area contributed by atoms with Crippen LogP contribution in [0.3, 0.4) is 0 Å². The van der Waals surface area contributed by atoms with E-state index < -0.39 is 23.3 Å². The number of amides is 3. The number of rotatable bonds is 4. The van der Waals surface area contributed by atoms with Crippen molar-refractivity contribution in [2.75, 3.05) is 11.9 Å². The smallest absolute Gasteiger partial charge is 0.329 e. The fourth-order valence-corrected chi connectivity index (χ4v) is 1.38. The van der Waals surface area contributed by atoms with E-state index in [9.17, 15) is 14.4 Å². The molecule has 0 radical (unpaired) electrons. The number of carbonyl (C=O) groups excluding carboxylic acids is 2. The van der Waals surface area contributed by atoms with E-state index in [1.807, 2.05) is 0 Å². The van der Waals surface area contributed by atoms with Gasteiger partial charge in [-0.15, -0.1) is 0 Å². The molecule has 0 saturated carbocycles. The van der Waals surface area contributed by atoms with Crippen molar-refractivity contribution >= 4 is 23.7 Å².